The standard InChI is InChI=1S/C19H17ClN2O3/c1-12(13-6-5-7-14(20)10-13)21-19(23)16-11-18(25-22-16)15-8-3-4-9-17(15)24-2/h3-12H,1-2H3,(H,21,23)/t12-/m0/s1. The summed E-state index contributed by atoms with van der Waals surface area (Å²) in [5.74, 6) is 0.799. The normalized spacial score (nSPS) is 11.8. The number of para-hydroxylation sites is 1. The third kappa shape index (κ3) is 3.83. The number of aromatic nitrogens is 1. The summed E-state index contributed by atoms with van der Waals surface area (Å²) in [6, 6.07) is 16.1. The molecule has 0 aliphatic rings. The molecule has 128 valence electrons. The Morgan fingerprint density at radius 2 is 2.00 bits per heavy atom. The Morgan fingerprint density at radius 3 is 2.76 bits per heavy atom. The summed E-state index contributed by atoms with van der Waals surface area (Å²) in [6.45, 7) is 1.88. The largest absolute Gasteiger partial charge is 0.496 e. The highest BCUT2D eigenvalue weighted by Crippen LogP contribution is 2.30. The summed E-state index contributed by atoms with van der Waals surface area (Å²) in [5.41, 5.74) is 1.85. The summed E-state index contributed by atoms with van der Waals surface area (Å²) in [6.07, 6.45) is 0. The molecule has 6 heteroatoms. The number of hydrogen-bond acceptors (Lipinski definition) is 4. The smallest absolute Gasteiger partial charge is 0.273 e. The molecule has 0 bridgehead atoms. The average Bonchev–Trinajstić information content (AvgIpc) is 3.11. The lowest BCUT2D eigenvalue weighted by molar-refractivity contribution is 0.0931. The number of halogens is 1. The molecule has 3 aromatic rings. The van der Waals surface area contributed by atoms with Gasteiger partial charge in [0.25, 0.3) is 5.91 Å². The molecule has 0 aliphatic carbocycles. The Kier molecular flexibility index (Phi) is 5.05. The SMILES string of the molecule is COc1ccccc1-c1cc(C(=O)N[C@@H](C)c2cccc(Cl)c2)no1. The fourth-order valence-electron chi connectivity index (χ4n) is 2.49. The zero-order valence-electron chi connectivity index (χ0n) is 13.8. The predicted molar refractivity (Wildman–Crippen MR) is 95.8 cm³/mol. The number of rotatable bonds is 5. The number of nitrogens with zero attached hydrogens (tertiary/aromatic N) is 1. The van der Waals surface area contributed by atoms with Crippen molar-refractivity contribution in [3.05, 3.63) is 70.9 Å². The van der Waals surface area contributed by atoms with Crippen LogP contribution in [-0.4, -0.2) is 18.2 Å². The first-order valence-electron chi connectivity index (χ1n) is 7.75. The molecule has 1 heterocycles. The van der Waals surface area contributed by atoms with Crippen LogP contribution in [0, 0.1) is 0 Å². The first kappa shape index (κ1) is 17.0. The Balaban J connectivity index is 1.77. The molecule has 0 saturated heterocycles. The van der Waals surface area contributed by atoms with Crippen LogP contribution in [-0.2, 0) is 0 Å². The molecule has 5 nitrogen and oxygen atoms in total. The molecule has 25 heavy (non-hydrogen) atoms. The van der Waals surface area contributed by atoms with Crippen LogP contribution in [0.3, 0.4) is 0 Å². The van der Waals surface area contributed by atoms with Gasteiger partial charge in [-0.05, 0) is 36.8 Å². The van der Waals surface area contributed by atoms with Crippen molar-refractivity contribution in [2.45, 2.75) is 13.0 Å². The van der Waals surface area contributed by atoms with Crippen LogP contribution >= 0.6 is 11.6 Å². The number of amides is 1. The van der Waals surface area contributed by atoms with Crippen molar-refractivity contribution in [2.75, 3.05) is 7.11 Å². The number of nitrogens with one attached hydrogen (secondary N) is 1. The van der Waals surface area contributed by atoms with Gasteiger partial charge in [0.1, 0.15) is 5.75 Å². The maximum absolute atomic E-state index is 12.4. The van der Waals surface area contributed by atoms with Gasteiger partial charge in [-0.25, -0.2) is 0 Å². The highest BCUT2D eigenvalue weighted by molar-refractivity contribution is 6.30. The van der Waals surface area contributed by atoms with Gasteiger partial charge >= 0.3 is 0 Å². The van der Waals surface area contributed by atoms with Crippen LogP contribution in [0.15, 0.2) is 59.1 Å². The van der Waals surface area contributed by atoms with Crippen LogP contribution in [0.4, 0.5) is 0 Å². The molecule has 1 atom stereocenters. The topological polar surface area (TPSA) is 64.4 Å². The number of ether oxygens (including phenoxy) is 1. The molecule has 0 unspecified atom stereocenters. The number of benzene rings is 2. The van der Waals surface area contributed by atoms with E-state index >= 15 is 0 Å². The number of carbonyl (C=O) groups is 1. The minimum atomic E-state index is -0.322. The summed E-state index contributed by atoms with van der Waals surface area (Å²) >= 11 is 5.99. The van der Waals surface area contributed by atoms with Gasteiger partial charge in [-0.1, -0.05) is 41.0 Å². The average molecular weight is 357 g/mol. The summed E-state index contributed by atoms with van der Waals surface area (Å²) < 4.78 is 10.6. The fraction of sp³-hybridized carbons (Fsp3) is 0.158. The molecule has 3 rings (SSSR count). The second kappa shape index (κ2) is 7.40. The second-order valence-corrected chi connectivity index (χ2v) is 5.96. The molecule has 0 spiro atoms. The molecule has 0 saturated carbocycles. The quantitative estimate of drug-likeness (QED) is 0.731. The van der Waals surface area contributed by atoms with Gasteiger partial charge in [-0.3, -0.25) is 4.79 Å². The van der Waals surface area contributed by atoms with Crippen LogP contribution in [0.5, 0.6) is 5.75 Å². The maximum Gasteiger partial charge on any atom is 0.273 e. The number of hydrogen-bond donors (Lipinski definition) is 1. The molecular weight excluding hydrogens is 340 g/mol. The van der Waals surface area contributed by atoms with Crippen LogP contribution in [0.2, 0.25) is 5.02 Å². The van der Waals surface area contributed by atoms with Gasteiger partial charge in [0.2, 0.25) is 0 Å². The molecule has 1 aromatic heterocycles. The van der Waals surface area contributed by atoms with Crippen molar-refractivity contribution in [3.63, 3.8) is 0 Å². The Bertz CT molecular complexity index is 892. The van der Waals surface area contributed by atoms with E-state index in [0.29, 0.717) is 16.5 Å². The van der Waals surface area contributed by atoms with Crippen molar-refractivity contribution in [3.8, 4) is 17.1 Å². The monoisotopic (exact) mass is 356 g/mol. The second-order valence-electron chi connectivity index (χ2n) is 5.53. The minimum Gasteiger partial charge on any atom is -0.496 e. The molecule has 0 aliphatic heterocycles. The third-order valence-corrected chi connectivity index (χ3v) is 4.05. The zero-order chi connectivity index (χ0) is 17.8. The number of methoxy groups -OCH3 is 1. The Labute approximate surface area is 150 Å². The molecular formula is C19H17ClN2O3. The molecule has 1 amide bonds. The minimum absolute atomic E-state index is 0.204. The highest BCUT2D eigenvalue weighted by atomic mass is 35.5. The van der Waals surface area contributed by atoms with Gasteiger partial charge < -0.3 is 14.6 Å². The lowest BCUT2D eigenvalue weighted by Crippen LogP contribution is -2.26. The zero-order valence-corrected chi connectivity index (χ0v) is 14.6. The summed E-state index contributed by atoms with van der Waals surface area (Å²) in [4.78, 5) is 12.4. The molecule has 0 fully saturated rings. The van der Waals surface area contributed by atoms with E-state index in [1.54, 1.807) is 19.2 Å². The Hall–Kier alpha value is -2.79. The van der Waals surface area contributed by atoms with Crippen molar-refractivity contribution >= 4 is 17.5 Å². The highest BCUT2D eigenvalue weighted by Gasteiger charge is 2.18. The predicted octanol–water partition coefficient (Wildman–Crippen LogP) is 4.49. The lowest BCUT2D eigenvalue weighted by atomic mass is 10.1. The van der Waals surface area contributed by atoms with E-state index in [0.717, 1.165) is 11.1 Å². The molecule has 0 radical (unpaired) electrons. The van der Waals surface area contributed by atoms with Crippen molar-refractivity contribution < 1.29 is 14.1 Å². The maximum atomic E-state index is 12.4. The van der Waals surface area contributed by atoms with Crippen molar-refractivity contribution in [1.29, 1.82) is 0 Å². The summed E-state index contributed by atoms with van der Waals surface area (Å²) in [5, 5.41) is 7.37. The van der Waals surface area contributed by atoms with Gasteiger partial charge in [0.05, 0.1) is 18.7 Å². The first-order chi connectivity index (χ1) is 12.1. The summed E-state index contributed by atoms with van der Waals surface area (Å²) in [7, 11) is 1.58. The van der Waals surface area contributed by atoms with Crippen molar-refractivity contribution in [2.24, 2.45) is 0 Å². The van der Waals surface area contributed by atoms with Gasteiger partial charge in [-0.15, -0.1) is 0 Å². The van der Waals surface area contributed by atoms with Crippen LogP contribution < -0.4 is 10.1 Å². The van der Waals surface area contributed by atoms with E-state index in [4.69, 9.17) is 20.9 Å². The Morgan fingerprint density at radius 1 is 1.20 bits per heavy atom. The van der Waals surface area contributed by atoms with Crippen LogP contribution in [0.1, 0.15) is 29.0 Å². The van der Waals surface area contributed by atoms with Gasteiger partial charge in [-0.2, -0.15) is 0 Å². The van der Waals surface area contributed by atoms with E-state index < -0.39 is 0 Å². The van der Waals surface area contributed by atoms with Crippen molar-refractivity contribution in [1.82, 2.24) is 10.5 Å². The fourth-order valence-corrected chi connectivity index (χ4v) is 2.69. The lowest BCUT2D eigenvalue weighted by Gasteiger charge is -2.13. The molecule has 2 aromatic carbocycles. The van der Waals surface area contributed by atoms with E-state index in [2.05, 4.69) is 10.5 Å². The van der Waals surface area contributed by atoms with Crippen LogP contribution in [0.25, 0.3) is 11.3 Å². The van der Waals surface area contributed by atoms with Gasteiger partial charge in [0.15, 0.2) is 11.5 Å². The third-order valence-electron chi connectivity index (χ3n) is 3.81. The van der Waals surface area contributed by atoms with E-state index in [-0.39, 0.29) is 17.6 Å². The molecule has 1 N–H and O–H groups in total. The van der Waals surface area contributed by atoms with Gasteiger partial charge in [0, 0.05) is 11.1 Å². The van der Waals surface area contributed by atoms with E-state index in [1.165, 1.54) is 0 Å². The first-order valence-corrected chi connectivity index (χ1v) is 8.12. The number of carbonyl (C=O) groups excluding carboxylic acids is 1. The van der Waals surface area contributed by atoms with E-state index in [9.17, 15) is 4.79 Å². The van der Waals surface area contributed by atoms with E-state index in [1.807, 2.05) is 49.4 Å².